The quantitative estimate of drug-likeness (QED) is 0.0409. The van der Waals surface area contributed by atoms with Crippen molar-refractivity contribution in [3.05, 3.63) is 6.92 Å². The molecule has 14 heteroatoms. The van der Waals surface area contributed by atoms with Crippen molar-refractivity contribution in [2.75, 3.05) is 82.2 Å². The smallest absolute Gasteiger partial charge is 0.334 e. The van der Waals surface area contributed by atoms with Crippen molar-refractivity contribution in [3.8, 4) is 0 Å². The Morgan fingerprint density at radius 2 is 0.981 bits per heavy atom. The largest absolute Gasteiger partial charge is 1.00 e. The molecule has 53 heavy (non-hydrogen) atoms. The fraction of sp³-hybridized carbons (Fsp3) is 0.872. The Kier molecular flexibility index (Phi) is 258. The fourth-order valence-corrected chi connectivity index (χ4v) is 1.75. The number of nitrogens with one attached hydrogen (secondary N) is 1. The molecule has 0 spiro atoms. The molecule has 0 saturated heterocycles. The molecule has 1 radical (unpaired) electrons. The van der Waals surface area contributed by atoms with Gasteiger partial charge in [-0.25, -0.2) is 20.5 Å². The number of rotatable bonds is 16. The summed E-state index contributed by atoms with van der Waals surface area (Å²) < 4.78 is 27.5. The summed E-state index contributed by atoms with van der Waals surface area (Å²) in [5, 5.41) is 0. The van der Waals surface area contributed by atoms with E-state index in [1.54, 1.807) is 6.29 Å². The first-order chi connectivity index (χ1) is 18.4. The van der Waals surface area contributed by atoms with Crippen molar-refractivity contribution in [3.63, 3.8) is 0 Å². The van der Waals surface area contributed by atoms with E-state index < -0.39 is 18.7 Å². The van der Waals surface area contributed by atoms with Gasteiger partial charge in [-0.1, -0.05) is 142 Å². The van der Waals surface area contributed by atoms with Gasteiger partial charge in [0.1, 0.15) is 26.4 Å². The number of hydrogen-bond acceptors (Lipinski definition) is 11. The number of methoxy groups -OCH3 is 3. The fourth-order valence-electron chi connectivity index (χ4n) is 1.75. The van der Waals surface area contributed by atoms with E-state index >= 15 is 0 Å². The second-order valence-electron chi connectivity index (χ2n) is 8.13. The van der Waals surface area contributed by atoms with Gasteiger partial charge in [-0.05, 0) is 6.61 Å². The summed E-state index contributed by atoms with van der Waals surface area (Å²) in [6.45, 7) is 12.0. The molecule has 0 aromatic carbocycles. The maximum atomic E-state index is 10.6. The Labute approximate surface area is 369 Å². The second kappa shape index (κ2) is 110. The molecule has 0 unspecified atom stereocenters. The molecule has 0 fully saturated rings. The van der Waals surface area contributed by atoms with Crippen molar-refractivity contribution in [1.29, 1.82) is 0 Å². The van der Waals surface area contributed by atoms with E-state index in [0.29, 0.717) is 11.2 Å². The zero-order valence-electron chi connectivity index (χ0n) is 27.2. The van der Waals surface area contributed by atoms with Crippen molar-refractivity contribution < 1.29 is 97.3 Å². The summed E-state index contributed by atoms with van der Waals surface area (Å²) in [4.78, 5) is 40.7. The van der Waals surface area contributed by atoms with Gasteiger partial charge in [-0.3, -0.25) is 4.79 Å². The van der Waals surface area contributed by atoms with Gasteiger partial charge in [-0.2, -0.15) is 11.8 Å². The average molecular weight is 887 g/mol. The minimum Gasteiger partial charge on any atom is -1.00 e. The van der Waals surface area contributed by atoms with Gasteiger partial charge >= 0.3 is 17.9 Å². The van der Waals surface area contributed by atoms with Crippen LogP contribution >= 0.6 is 0 Å². The predicted molar refractivity (Wildman–Crippen MR) is 232 cm³/mol. The molecular weight excluding hydrogens is 781 g/mol. The van der Waals surface area contributed by atoms with Crippen molar-refractivity contribution >= 4 is 24.2 Å². The number of halogens is 1. The van der Waals surface area contributed by atoms with Gasteiger partial charge in [0.25, 0.3) is 0 Å². The summed E-state index contributed by atoms with van der Waals surface area (Å²) in [5.41, 5.74) is 3.06. The maximum Gasteiger partial charge on any atom is 0.334 e. The zero-order chi connectivity index (χ0) is 31.4. The van der Waals surface area contributed by atoms with E-state index in [0.717, 1.165) is 13.0 Å². The van der Waals surface area contributed by atoms with E-state index in [4.69, 9.17) is 9.53 Å². The molecule has 0 aliphatic heterocycles. The van der Waals surface area contributed by atoms with Crippen molar-refractivity contribution in [2.24, 2.45) is 0 Å². The molecule has 0 amide bonds. The monoisotopic (exact) mass is 886 g/mol. The van der Waals surface area contributed by atoms with Crippen LogP contribution in [0.5, 0.6) is 0 Å². The molecule has 343 valence electrons. The van der Waals surface area contributed by atoms with Crippen LogP contribution in [-0.2, 0) is 80.3 Å². The molecule has 0 saturated carbocycles. The number of esters is 3. The number of carbonyl (C=O) groups excluding carboxylic acids is 4. The summed E-state index contributed by atoms with van der Waals surface area (Å²) in [6, 6.07) is 0. The Balaban J connectivity index is -0.0000000158. The first-order valence-electron chi connectivity index (χ1n) is 13.0. The first-order valence-corrected chi connectivity index (χ1v) is 13.0. The molecular formula is C39H105ClN2O10Y-2. The van der Waals surface area contributed by atoms with Crippen LogP contribution in [0.3, 0.4) is 0 Å². The minimum absolute atomic E-state index is 0. The number of unbranched alkanes of at least 4 members (excludes halogenated alkanes) is 4. The number of hydrogen-bond donors (Lipinski definition) is 1. The van der Waals surface area contributed by atoms with Crippen LogP contribution in [0.15, 0.2) is 0 Å². The Morgan fingerprint density at radius 1 is 0.660 bits per heavy atom. The van der Waals surface area contributed by atoms with Crippen LogP contribution in [0.25, 0.3) is 0 Å². The van der Waals surface area contributed by atoms with E-state index in [1.165, 1.54) is 60.4 Å². The Morgan fingerprint density at radius 3 is 1.17 bits per heavy atom. The van der Waals surface area contributed by atoms with Gasteiger partial charge in [-0.15, -0.1) is 0 Å². The summed E-state index contributed by atoms with van der Waals surface area (Å²) >= 11 is 0. The van der Waals surface area contributed by atoms with Gasteiger partial charge < -0.3 is 52.5 Å². The molecule has 0 aliphatic carbocycles. The number of ether oxygens (including phenoxy) is 6. The van der Waals surface area contributed by atoms with Crippen LogP contribution < -0.4 is 17.8 Å². The number of carbonyl (C=O) groups is 3. The average Bonchev–Trinajstić information content (AvgIpc) is 2.87. The molecule has 0 aromatic heterocycles. The summed E-state index contributed by atoms with van der Waals surface area (Å²) in [6.07, 6.45) is 9.55. The normalized spacial score (nSPS) is 6.92. The first kappa shape index (κ1) is 124. The van der Waals surface area contributed by atoms with Crippen LogP contribution in [0.1, 0.15) is 155 Å². The topological polar surface area (TPSA) is 136 Å². The molecule has 1 N–H and O–H groups in total. The molecule has 0 atom stereocenters. The molecule has 0 bridgehead atoms. The van der Waals surface area contributed by atoms with Gasteiger partial charge in [0.15, 0.2) is 0 Å². The summed E-state index contributed by atoms with van der Waals surface area (Å²) in [5.74, 6) is -1.40. The van der Waals surface area contributed by atoms with Crippen LogP contribution in [0.2, 0.25) is 0 Å². The third kappa shape index (κ3) is 167. The molecule has 12 nitrogen and oxygen atoms in total. The third-order valence-corrected chi connectivity index (χ3v) is 3.94. The van der Waals surface area contributed by atoms with Crippen LogP contribution in [0, 0.1) is 6.92 Å². The maximum absolute atomic E-state index is 10.6. The minimum atomic E-state index is -0.590. The molecule has 0 heterocycles. The molecule has 0 rings (SSSR count). The van der Waals surface area contributed by atoms with E-state index in [9.17, 15) is 14.4 Å². The van der Waals surface area contributed by atoms with Gasteiger partial charge in [0, 0.05) is 68.0 Å². The van der Waals surface area contributed by atoms with E-state index in [1.807, 2.05) is 28.1 Å². The van der Waals surface area contributed by atoms with Crippen LogP contribution in [-0.4, -0.2) is 111 Å². The Bertz CT molecular complexity index is 530. The number of likely N-dealkylation sites (N-methyl/N-ethyl adjacent to an activating group) is 1. The van der Waals surface area contributed by atoms with Gasteiger partial charge in [0.2, 0.25) is 6.79 Å². The van der Waals surface area contributed by atoms with Crippen molar-refractivity contribution in [2.45, 2.75) is 155 Å². The second-order valence-corrected chi connectivity index (χ2v) is 8.13. The zero-order valence-corrected chi connectivity index (χ0v) is 30.8. The molecule has 0 aromatic rings. The number of nitrogens with zero attached hydrogens (tertiary/aromatic N) is 1. The predicted octanol–water partition coefficient (Wildman–Crippen LogP) is 7.67. The van der Waals surface area contributed by atoms with Gasteiger partial charge in [0.05, 0.1) is 14.1 Å². The van der Waals surface area contributed by atoms with E-state index in [-0.39, 0.29) is 160 Å². The molecule has 0 aliphatic rings. The van der Waals surface area contributed by atoms with Crippen LogP contribution in [0.4, 0.5) is 0 Å². The third-order valence-electron chi connectivity index (χ3n) is 3.94. The Hall–Kier alpha value is -0.726. The van der Waals surface area contributed by atoms with E-state index in [2.05, 4.69) is 49.9 Å². The summed E-state index contributed by atoms with van der Waals surface area (Å²) in [7, 11) is 10.0. The van der Waals surface area contributed by atoms with Crippen molar-refractivity contribution in [1.82, 2.24) is 5.43 Å². The standard InChI is InChI=1S/C7H17N2O2.C7H12O6.C7H16.C3H5O2.C3H7.12CH4.ClH.Y/c1-7(10)11-6-5-9(3,4)8-2;1-10-3-6(8)12-5-13-7(9)4-11-2;1-3-5-7-6-4-2;1-5-3-2-4;1-3-2;;;;;;;;;;;;;;/h8H,5-6H2,1-4H3;3-5H2,1-2H3;3-7H2,1-2H3;3H2,1H3;1,3H2,2H3;12*1H4;1H;/q+1;;;2*-1;;;;;;;;;;;;;;/p-1. The number of quaternary nitrogens is 1. The SMILES string of the molecule is C.C.C.C.C.C.C.C.C.C.C.C.CCCCCCC.CN[N+](C)(C)CCOC(C)=O.COCC(=O)OCOC(=O)COC.COC[C-]=O.[CH2-]CC.[Cl-].[Y].